The van der Waals surface area contributed by atoms with Gasteiger partial charge in [-0.15, -0.1) is 0 Å². The van der Waals surface area contributed by atoms with Crippen LogP contribution in [0.1, 0.15) is 50.2 Å². The third-order valence-corrected chi connectivity index (χ3v) is 4.16. The SMILES string of the molecule is CCCNC(Cc1cccc(C)c1)C1CCCC1. The number of nitrogens with one attached hydrogen (secondary N) is 1. The largest absolute Gasteiger partial charge is 0.313 e. The Morgan fingerprint density at radius 2 is 2.06 bits per heavy atom. The van der Waals surface area contributed by atoms with Crippen LogP contribution in [0.25, 0.3) is 0 Å². The summed E-state index contributed by atoms with van der Waals surface area (Å²) in [6.45, 7) is 5.60. The molecule has 1 aliphatic rings. The maximum Gasteiger partial charge on any atom is 0.0136 e. The number of hydrogen-bond acceptors (Lipinski definition) is 1. The fourth-order valence-corrected chi connectivity index (χ4v) is 3.19. The topological polar surface area (TPSA) is 12.0 Å². The van der Waals surface area contributed by atoms with E-state index in [2.05, 4.69) is 43.4 Å². The molecule has 0 radical (unpaired) electrons. The first kappa shape index (κ1) is 13.6. The molecule has 0 heterocycles. The van der Waals surface area contributed by atoms with E-state index in [1.165, 1.54) is 49.7 Å². The highest BCUT2D eigenvalue weighted by Gasteiger charge is 2.24. The predicted molar refractivity (Wildman–Crippen MR) is 78.9 cm³/mol. The van der Waals surface area contributed by atoms with Gasteiger partial charge in [-0.1, -0.05) is 49.6 Å². The Bertz CT molecular complexity index is 352. The van der Waals surface area contributed by atoms with Gasteiger partial charge in [0.15, 0.2) is 0 Å². The Morgan fingerprint density at radius 3 is 2.72 bits per heavy atom. The summed E-state index contributed by atoms with van der Waals surface area (Å²) < 4.78 is 0. The van der Waals surface area contributed by atoms with Gasteiger partial charge in [-0.25, -0.2) is 0 Å². The highest BCUT2D eigenvalue weighted by Crippen LogP contribution is 2.29. The zero-order chi connectivity index (χ0) is 12.8. The Hall–Kier alpha value is -0.820. The molecule has 100 valence electrons. The van der Waals surface area contributed by atoms with Crippen LogP contribution < -0.4 is 5.32 Å². The van der Waals surface area contributed by atoms with E-state index >= 15 is 0 Å². The van der Waals surface area contributed by atoms with Crippen molar-refractivity contribution in [1.29, 1.82) is 0 Å². The lowest BCUT2D eigenvalue weighted by molar-refractivity contribution is 0.356. The second-order valence-corrected chi connectivity index (χ2v) is 5.80. The molecular formula is C17H27N. The molecule has 0 amide bonds. The van der Waals surface area contributed by atoms with Gasteiger partial charge in [-0.05, 0) is 50.6 Å². The van der Waals surface area contributed by atoms with Crippen molar-refractivity contribution in [2.75, 3.05) is 6.54 Å². The van der Waals surface area contributed by atoms with Gasteiger partial charge in [-0.3, -0.25) is 0 Å². The second kappa shape index (κ2) is 6.94. The molecule has 1 nitrogen and oxygen atoms in total. The van der Waals surface area contributed by atoms with Crippen molar-refractivity contribution in [1.82, 2.24) is 5.32 Å². The van der Waals surface area contributed by atoms with Crippen molar-refractivity contribution in [3.8, 4) is 0 Å². The molecule has 0 bridgehead atoms. The number of rotatable bonds is 6. The molecule has 1 N–H and O–H groups in total. The fourth-order valence-electron chi connectivity index (χ4n) is 3.19. The standard InChI is InChI=1S/C17H27N/c1-3-11-18-17(16-9-4-5-10-16)13-15-8-6-7-14(2)12-15/h6-8,12,16-18H,3-5,9-11,13H2,1-2H3. The van der Waals surface area contributed by atoms with E-state index in [-0.39, 0.29) is 0 Å². The molecule has 0 aromatic heterocycles. The highest BCUT2D eigenvalue weighted by molar-refractivity contribution is 5.23. The van der Waals surface area contributed by atoms with Gasteiger partial charge in [0.2, 0.25) is 0 Å². The van der Waals surface area contributed by atoms with Crippen molar-refractivity contribution in [3.05, 3.63) is 35.4 Å². The number of benzene rings is 1. The average molecular weight is 245 g/mol. The molecule has 1 aliphatic carbocycles. The van der Waals surface area contributed by atoms with E-state index in [1.807, 2.05) is 0 Å². The molecule has 1 fully saturated rings. The molecule has 1 saturated carbocycles. The summed E-state index contributed by atoms with van der Waals surface area (Å²) in [6, 6.07) is 9.69. The third-order valence-electron chi connectivity index (χ3n) is 4.16. The quantitative estimate of drug-likeness (QED) is 0.796. The summed E-state index contributed by atoms with van der Waals surface area (Å²) in [7, 11) is 0. The highest BCUT2D eigenvalue weighted by atomic mass is 14.9. The molecule has 1 atom stereocenters. The van der Waals surface area contributed by atoms with Crippen LogP contribution >= 0.6 is 0 Å². The van der Waals surface area contributed by atoms with Crippen molar-refractivity contribution in [2.45, 2.75) is 58.4 Å². The second-order valence-electron chi connectivity index (χ2n) is 5.80. The van der Waals surface area contributed by atoms with Crippen molar-refractivity contribution in [2.24, 2.45) is 5.92 Å². The van der Waals surface area contributed by atoms with E-state index in [0.29, 0.717) is 6.04 Å². The Labute approximate surface area is 112 Å². The van der Waals surface area contributed by atoms with Crippen molar-refractivity contribution >= 4 is 0 Å². The van der Waals surface area contributed by atoms with Gasteiger partial charge in [0, 0.05) is 6.04 Å². The zero-order valence-corrected chi connectivity index (χ0v) is 11.9. The Balaban J connectivity index is 1.99. The minimum Gasteiger partial charge on any atom is -0.313 e. The van der Waals surface area contributed by atoms with E-state index in [9.17, 15) is 0 Å². The molecule has 1 unspecified atom stereocenters. The lowest BCUT2D eigenvalue weighted by Crippen LogP contribution is -2.37. The number of hydrogen-bond donors (Lipinski definition) is 1. The summed E-state index contributed by atoms with van der Waals surface area (Å²) in [4.78, 5) is 0. The molecule has 2 rings (SSSR count). The molecule has 0 spiro atoms. The first-order chi connectivity index (χ1) is 8.79. The molecule has 1 aromatic rings. The van der Waals surface area contributed by atoms with Crippen LogP contribution in [0.2, 0.25) is 0 Å². The summed E-state index contributed by atoms with van der Waals surface area (Å²) in [5.74, 6) is 0.900. The predicted octanol–water partition coefficient (Wildman–Crippen LogP) is 4.10. The molecule has 0 aliphatic heterocycles. The molecule has 0 saturated heterocycles. The van der Waals surface area contributed by atoms with Crippen LogP contribution in [0.3, 0.4) is 0 Å². The Kier molecular flexibility index (Phi) is 5.25. The maximum atomic E-state index is 3.78. The lowest BCUT2D eigenvalue weighted by Gasteiger charge is -2.25. The summed E-state index contributed by atoms with van der Waals surface area (Å²) >= 11 is 0. The molecule has 1 heteroatoms. The van der Waals surface area contributed by atoms with Crippen molar-refractivity contribution in [3.63, 3.8) is 0 Å². The average Bonchev–Trinajstić information content (AvgIpc) is 2.88. The minimum absolute atomic E-state index is 0.689. The van der Waals surface area contributed by atoms with Crippen LogP contribution in [0, 0.1) is 12.8 Å². The first-order valence-corrected chi connectivity index (χ1v) is 7.58. The van der Waals surface area contributed by atoms with Crippen molar-refractivity contribution < 1.29 is 0 Å². The van der Waals surface area contributed by atoms with E-state index in [0.717, 1.165) is 12.5 Å². The third kappa shape index (κ3) is 3.84. The fraction of sp³-hybridized carbons (Fsp3) is 0.647. The molecular weight excluding hydrogens is 218 g/mol. The van der Waals surface area contributed by atoms with E-state index < -0.39 is 0 Å². The summed E-state index contributed by atoms with van der Waals surface area (Å²) in [5.41, 5.74) is 2.88. The van der Waals surface area contributed by atoms with Gasteiger partial charge >= 0.3 is 0 Å². The summed E-state index contributed by atoms with van der Waals surface area (Å²) in [6.07, 6.45) is 8.15. The van der Waals surface area contributed by atoms with E-state index in [4.69, 9.17) is 0 Å². The number of aryl methyl sites for hydroxylation is 1. The summed E-state index contributed by atoms with van der Waals surface area (Å²) in [5, 5.41) is 3.78. The van der Waals surface area contributed by atoms with Gasteiger partial charge in [0.05, 0.1) is 0 Å². The van der Waals surface area contributed by atoms with Gasteiger partial charge in [0.1, 0.15) is 0 Å². The minimum atomic E-state index is 0.689. The van der Waals surface area contributed by atoms with Crippen LogP contribution in [0.15, 0.2) is 24.3 Å². The maximum absolute atomic E-state index is 3.78. The van der Waals surface area contributed by atoms with E-state index in [1.54, 1.807) is 0 Å². The van der Waals surface area contributed by atoms with Crippen LogP contribution in [-0.4, -0.2) is 12.6 Å². The van der Waals surface area contributed by atoms with Crippen LogP contribution in [-0.2, 0) is 6.42 Å². The zero-order valence-electron chi connectivity index (χ0n) is 11.9. The molecule has 18 heavy (non-hydrogen) atoms. The smallest absolute Gasteiger partial charge is 0.0136 e. The van der Waals surface area contributed by atoms with Crippen LogP contribution in [0.5, 0.6) is 0 Å². The van der Waals surface area contributed by atoms with Crippen LogP contribution in [0.4, 0.5) is 0 Å². The normalized spacial score (nSPS) is 18.1. The lowest BCUT2D eigenvalue weighted by atomic mass is 9.91. The first-order valence-electron chi connectivity index (χ1n) is 7.58. The van der Waals surface area contributed by atoms with Gasteiger partial charge in [0.25, 0.3) is 0 Å². The van der Waals surface area contributed by atoms with Gasteiger partial charge < -0.3 is 5.32 Å². The Morgan fingerprint density at radius 1 is 1.28 bits per heavy atom. The monoisotopic (exact) mass is 245 g/mol. The molecule has 1 aromatic carbocycles. The van der Waals surface area contributed by atoms with Gasteiger partial charge in [-0.2, -0.15) is 0 Å².